The van der Waals surface area contributed by atoms with E-state index in [1.165, 1.54) is 12.8 Å². The van der Waals surface area contributed by atoms with Crippen LogP contribution in [0.15, 0.2) is 0 Å². The summed E-state index contributed by atoms with van der Waals surface area (Å²) in [5, 5.41) is 9.96. The number of nitrogens with zero attached hydrogens (tertiary/aromatic N) is 1. The topological polar surface area (TPSA) is 40.5 Å². The zero-order valence-corrected chi connectivity index (χ0v) is 10.6. The molecule has 0 radical (unpaired) electrons. The van der Waals surface area contributed by atoms with E-state index in [1.807, 2.05) is 11.8 Å². The number of aliphatic hydroxyl groups excluding tert-OH is 1. The predicted molar refractivity (Wildman–Crippen MR) is 65.1 cm³/mol. The lowest BCUT2D eigenvalue weighted by Gasteiger charge is -2.29. The highest BCUT2D eigenvalue weighted by Gasteiger charge is 2.21. The summed E-state index contributed by atoms with van der Waals surface area (Å²) >= 11 is 0. The fourth-order valence-electron chi connectivity index (χ4n) is 2.09. The first-order valence-corrected chi connectivity index (χ1v) is 6.61. The first kappa shape index (κ1) is 13.5. The van der Waals surface area contributed by atoms with Crippen molar-refractivity contribution >= 4 is 5.91 Å². The molecule has 0 aromatic rings. The Morgan fingerprint density at radius 2 is 2.00 bits per heavy atom. The number of carbonyl (C=O) groups is 1. The van der Waals surface area contributed by atoms with Crippen molar-refractivity contribution in [2.75, 3.05) is 13.1 Å². The van der Waals surface area contributed by atoms with Gasteiger partial charge in [-0.2, -0.15) is 0 Å². The summed E-state index contributed by atoms with van der Waals surface area (Å²) in [6, 6.07) is 0. The monoisotopic (exact) mass is 227 g/mol. The average Bonchev–Trinajstić information content (AvgIpc) is 2.27. The minimum Gasteiger partial charge on any atom is -0.391 e. The van der Waals surface area contributed by atoms with Crippen LogP contribution in [0.2, 0.25) is 0 Å². The van der Waals surface area contributed by atoms with E-state index in [1.54, 1.807) is 0 Å². The van der Waals surface area contributed by atoms with Gasteiger partial charge in [0.05, 0.1) is 6.10 Å². The number of amides is 1. The fraction of sp³-hybridized carbons (Fsp3) is 0.923. The van der Waals surface area contributed by atoms with E-state index in [2.05, 4.69) is 6.92 Å². The van der Waals surface area contributed by atoms with Gasteiger partial charge < -0.3 is 10.0 Å². The second kappa shape index (κ2) is 6.89. The Morgan fingerprint density at radius 3 is 2.69 bits per heavy atom. The smallest absolute Gasteiger partial charge is 0.222 e. The Kier molecular flexibility index (Phi) is 5.81. The van der Waals surface area contributed by atoms with Crippen LogP contribution >= 0.6 is 0 Å². The number of carbonyl (C=O) groups excluding carboxylic acids is 1. The van der Waals surface area contributed by atoms with Crippen molar-refractivity contribution < 1.29 is 9.90 Å². The van der Waals surface area contributed by atoms with Gasteiger partial charge in [0.2, 0.25) is 5.91 Å². The van der Waals surface area contributed by atoms with Gasteiger partial charge >= 0.3 is 0 Å². The molecule has 1 aliphatic heterocycles. The van der Waals surface area contributed by atoms with Crippen LogP contribution < -0.4 is 0 Å². The molecule has 0 saturated carbocycles. The van der Waals surface area contributed by atoms with E-state index in [-0.39, 0.29) is 17.9 Å². The molecule has 16 heavy (non-hydrogen) atoms. The molecule has 1 amide bonds. The third-order valence-electron chi connectivity index (χ3n) is 3.63. The van der Waals surface area contributed by atoms with Crippen molar-refractivity contribution in [2.45, 2.75) is 58.5 Å². The fourth-order valence-corrected chi connectivity index (χ4v) is 2.09. The lowest BCUT2D eigenvalue weighted by molar-refractivity contribution is -0.133. The van der Waals surface area contributed by atoms with Gasteiger partial charge in [-0.3, -0.25) is 4.79 Å². The molecule has 0 aromatic heterocycles. The minimum absolute atomic E-state index is 0.224. The van der Waals surface area contributed by atoms with Gasteiger partial charge in [0, 0.05) is 19.5 Å². The first-order chi connectivity index (χ1) is 7.65. The lowest BCUT2D eigenvalue weighted by atomic mass is 10.0. The first-order valence-electron chi connectivity index (χ1n) is 6.61. The molecular weight excluding hydrogens is 202 g/mol. The zero-order valence-electron chi connectivity index (χ0n) is 10.6. The molecular formula is C13H25NO2. The summed E-state index contributed by atoms with van der Waals surface area (Å²) in [6.45, 7) is 5.46. The molecule has 2 unspecified atom stereocenters. The Balaban J connectivity index is 2.45. The van der Waals surface area contributed by atoms with Gasteiger partial charge in [0.25, 0.3) is 0 Å². The average molecular weight is 227 g/mol. The predicted octanol–water partition coefficient (Wildman–Crippen LogP) is 2.19. The molecule has 3 heteroatoms. The quantitative estimate of drug-likeness (QED) is 0.799. The third-order valence-corrected chi connectivity index (χ3v) is 3.63. The SMILES string of the molecule is CCC(C)C(O)CN1CCCCCCC1=O. The van der Waals surface area contributed by atoms with Crippen LogP contribution in [0.25, 0.3) is 0 Å². The number of likely N-dealkylation sites (tertiary alicyclic amines) is 1. The van der Waals surface area contributed by atoms with Crippen molar-refractivity contribution in [3.05, 3.63) is 0 Å². The molecule has 1 fully saturated rings. The van der Waals surface area contributed by atoms with Gasteiger partial charge in [0.15, 0.2) is 0 Å². The maximum absolute atomic E-state index is 11.8. The second-order valence-corrected chi connectivity index (χ2v) is 4.96. The standard InChI is InChI=1S/C13H25NO2/c1-3-11(2)12(15)10-14-9-7-5-4-6-8-13(14)16/h11-12,15H,3-10H2,1-2H3. The van der Waals surface area contributed by atoms with Crippen LogP contribution in [0.1, 0.15) is 52.4 Å². The van der Waals surface area contributed by atoms with E-state index < -0.39 is 0 Å². The molecule has 2 atom stereocenters. The van der Waals surface area contributed by atoms with Crippen LogP contribution in [-0.2, 0) is 4.79 Å². The van der Waals surface area contributed by atoms with Crippen molar-refractivity contribution in [2.24, 2.45) is 5.92 Å². The van der Waals surface area contributed by atoms with Crippen molar-refractivity contribution in [3.63, 3.8) is 0 Å². The highest BCUT2D eigenvalue weighted by Crippen LogP contribution is 2.14. The second-order valence-electron chi connectivity index (χ2n) is 4.96. The van der Waals surface area contributed by atoms with E-state index in [0.717, 1.165) is 25.8 Å². The van der Waals surface area contributed by atoms with Crippen LogP contribution in [0.3, 0.4) is 0 Å². The van der Waals surface area contributed by atoms with Gasteiger partial charge in [-0.1, -0.05) is 33.1 Å². The summed E-state index contributed by atoms with van der Waals surface area (Å²) in [4.78, 5) is 13.7. The summed E-state index contributed by atoms with van der Waals surface area (Å²) < 4.78 is 0. The van der Waals surface area contributed by atoms with E-state index >= 15 is 0 Å². The van der Waals surface area contributed by atoms with Gasteiger partial charge in [0.1, 0.15) is 0 Å². The number of hydrogen-bond acceptors (Lipinski definition) is 2. The molecule has 0 spiro atoms. The summed E-state index contributed by atoms with van der Waals surface area (Å²) in [5.41, 5.74) is 0. The normalized spacial score (nSPS) is 22.4. The van der Waals surface area contributed by atoms with Crippen LogP contribution in [0.5, 0.6) is 0 Å². The van der Waals surface area contributed by atoms with Crippen LogP contribution in [0, 0.1) is 5.92 Å². The molecule has 1 N–H and O–H groups in total. The highest BCUT2D eigenvalue weighted by molar-refractivity contribution is 5.76. The number of β-amino-alcohol motifs (C(OH)–C–C–N with tert-alkyl or cyclic N) is 1. The Hall–Kier alpha value is -0.570. The Labute approximate surface area is 98.8 Å². The number of aliphatic hydroxyl groups is 1. The molecule has 3 nitrogen and oxygen atoms in total. The van der Waals surface area contributed by atoms with Crippen molar-refractivity contribution in [3.8, 4) is 0 Å². The maximum Gasteiger partial charge on any atom is 0.222 e. The van der Waals surface area contributed by atoms with Crippen LogP contribution in [-0.4, -0.2) is 35.1 Å². The highest BCUT2D eigenvalue weighted by atomic mass is 16.3. The van der Waals surface area contributed by atoms with Gasteiger partial charge in [-0.25, -0.2) is 0 Å². The van der Waals surface area contributed by atoms with E-state index in [0.29, 0.717) is 13.0 Å². The van der Waals surface area contributed by atoms with Crippen molar-refractivity contribution in [1.82, 2.24) is 4.90 Å². The summed E-state index contributed by atoms with van der Waals surface area (Å²) in [5.74, 6) is 0.500. The molecule has 1 saturated heterocycles. The third kappa shape index (κ3) is 4.12. The maximum atomic E-state index is 11.8. The largest absolute Gasteiger partial charge is 0.391 e. The molecule has 0 aromatic carbocycles. The molecule has 1 heterocycles. The number of hydrogen-bond donors (Lipinski definition) is 1. The molecule has 94 valence electrons. The minimum atomic E-state index is -0.367. The van der Waals surface area contributed by atoms with Crippen LogP contribution in [0.4, 0.5) is 0 Å². The summed E-state index contributed by atoms with van der Waals surface area (Å²) in [7, 11) is 0. The van der Waals surface area contributed by atoms with E-state index in [4.69, 9.17) is 0 Å². The molecule has 1 rings (SSSR count). The lowest BCUT2D eigenvalue weighted by Crippen LogP contribution is -2.40. The van der Waals surface area contributed by atoms with E-state index in [9.17, 15) is 9.90 Å². The van der Waals surface area contributed by atoms with Gasteiger partial charge in [-0.05, 0) is 18.8 Å². The summed E-state index contributed by atoms with van der Waals surface area (Å²) in [6.07, 6.45) is 5.73. The van der Waals surface area contributed by atoms with Crippen molar-refractivity contribution in [1.29, 1.82) is 0 Å². The van der Waals surface area contributed by atoms with Gasteiger partial charge in [-0.15, -0.1) is 0 Å². The Morgan fingerprint density at radius 1 is 1.31 bits per heavy atom. The zero-order chi connectivity index (χ0) is 12.0. The Bertz CT molecular complexity index is 218. The number of rotatable bonds is 4. The molecule has 0 aliphatic carbocycles. The molecule has 0 bridgehead atoms. The molecule has 1 aliphatic rings.